The number of hydrogen-bond donors (Lipinski definition) is 1. The highest BCUT2D eigenvalue weighted by atomic mass is 35.5. The highest BCUT2D eigenvalue weighted by Crippen LogP contribution is 2.22. The van der Waals surface area contributed by atoms with Crippen LogP contribution in [0.3, 0.4) is 0 Å². The maximum Gasteiger partial charge on any atom is 0.338 e. The number of carbonyl (C=O) groups is 1. The molecule has 11 heteroatoms. The van der Waals surface area contributed by atoms with Gasteiger partial charge in [0.1, 0.15) is 4.90 Å². The SMILES string of the molecule is NS(=O)(=O)c1cc(C(=O)OCc2nc(-c3ccc(Cl)cc3)no2)ccc1Cl. The molecule has 0 fully saturated rings. The van der Waals surface area contributed by atoms with E-state index < -0.39 is 16.0 Å². The van der Waals surface area contributed by atoms with E-state index in [1.165, 1.54) is 12.1 Å². The molecule has 0 amide bonds. The summed E-state index contributed by atoms with van der Waals surface area (Å²) in [4.78, 5) is 15.9. The third-order valence-electron chi connectivity index (χ3n) is 3.37. The molecule has 27 heavy (non-hydrogen) atoms. The van der Waals surface area contributed by atoms with Crippen LogP contribution in [0.1, 0.15) is 16.2 Å². The van der Waals surface area contributed by atoms with Gasteiger partial charge in [-0.2, -0.15) is 4.98 Å². The summed E-state index contributed by atoms with van der Waals surface area (Å²) in [6, 6.07) is 10.4. The summed E-state index contributed by atoms with van der Waals surface area (Å²) in [6.45, 7) is -0.299. The Morgan fingerprint density at radius 1 is 1.15 bits per heavy atom. The third-order valence-corrected chi connectivity index (χ3v) is 5.02. The minimum absolute atomic E-state index is 0.0409. The van der Waals surface area contributed by atoms with Crippen molar-refractivity contribution in [2.75, 3.05) is 0 Å². The number of benzene rings is 2. The Morgan fingerprint density at radius 3 is 2.52 bits per heavy atom. The monoisotopic (exact) mass is 427 g/mol. The Kier molecular flexibility index (Phi) is 5.47. The van der Waals surface area contributed by atoms with Gasteiger partial charge in [-0.1, -0.05) is 28.4 Å². The van der Waals surface area contributed by atoms with Gasteiger partial charge in [-0.3, -0.25) is 0 Å². The molecule has 140 valence electrons. The van der Waals surface area contributed by atoms with E-state index in [-0.39, 0.29) is 28.0 Å². The molecule has 0 saturated carbocycles. The van der Waals surface area contributed by atoms with Crippen LogP contribution in [0.15, 0.2) is 51.9 Å². The molecule has 2 N–H and O–H groups in total. The van der Waals surface area contributed by atoms with Gasteiger partial charge in [-0.05, 0) is 42.5 Å². The molecule has 0 aliphatic rings. The number of primary sulfonamides is 1. The number of rotatable bonds is 5. The van der Waals surface area contributed by atoms with Crippen molar-refractivity contribution in [3.8, 4) is 11.4 Å². The minimum Gasteiger partial charge on any atom is -0.452 e. The normalized spacial score (nSPS) is 11.4. The number of nitrogens with two attached hydrogens (primary N) is 1. The van der Waals surface area contributed by atoms with Crippen LogP contribution in [0, 0.1) is 0 Å². The van der Waals surface area contributed by atoms with Crippen molar-refractivity contribution in [1.29, 1.82) is 0 Å². The lowest BCUT2D eigenvalue weighted by molar-refractivity contribution is 0.0429. The quantitative estimate of drug-likeness (QED) is 0.619. The fourth-order valence-electron chi connectivity index (χ4n) is 2.09. The smallest absolute Gasteiger partial charge is 0.338 e. The molecule has 8 nitrogen and oxygen atoms in total. The Hall–Kier alpha value is -2.46. The van der Waals surface area contributed by atoms with E-state index >= 15 is 0 Å². The van der Waals surface area contributed by atoms with Crippen LogP contribution in [-0.4, -0.2) is 24.5 Å². The number of hydrogen-bond acceptors (Lipinski definition) is 7. The van der Waals surface area contributed by atoms with Gasteiger partial charge < -0.3 is 9.26 Å². The first-order valence-electron chi connectivity index (χ1n) is 7.32. The second-order valence-electron chi connectivity index (χ2n) is 5.28. The lowest BCUT2D eigenvalue weighted by atomic mass is 10.2. The maximum atomic E-state index is 12.1. The van der Waals surface area contributed by atoms with E-state index in [1.54, 1.807) is 24.3 Å². The summed E-state index contributed by atoms with van der Waals surface area (Å²) >= 11 is 11.6. The van der Waals surface area contributed by atoms with Crippen LogP contribution in [0.4, 0.5) is 0 Å². The van der Waals surface area contributed by atoms with Crippen molar-refractivity contribution in [3.05, 3.63) is 64.0 Å². The molecular weight excluding hydrogens is 417 g/mol. The molecule has 0 spiro atoms. The number of ether oxygens (including phenoxy) is 1. The lowest BCUT2D eigenvalue weighted by Crippen LogP contribution is -2.14. The van der Waals surface area contributed by atoms with E-state index in [9.17, 15) is 13.2 Å². The number of carbonyl (C=O) groups excluding carboxylic acids is 1. The van der Waals surface area contributed by atoms with Crippen LogP contribution in [0.2, 0.25) is 10.0 Å². The van der Waals surface area contributed by atoms with Gasteiger partial charge in [0.2, 0.25) is 15.8 Å². The topological polar surface area (TPSA) is 125 Å². The van der Waals surface area contributed by atoms with Crippen molar-refractivity contribution in [2.45, 2.75) is 11.5 Å². The molecular formula is C16H11Cl2N3O5S. The fourth-order valence-corrected chi connectivity index (χ4v) is 3.29. The van der Waals surface area contributed by atoms with Crippen LogP contribution < -0.4 is 5.14 Å². The Labute approximate surface area is 163 Å². The molecule has 0 bridgehead atoms. The molecule has 3 aromatic rings. The standard InChI is InChI=1S/C16H11Cl2N3O5S/c17-11-4-1-9(2-5-11)15-20-14(26-21-15)8-25-16(22)10-3-6-12(18)13(7-10)27(19,23)24/h1-7H,8H2,(H2,19,23,24). The molecule has 1 heterocycles. The van der Waals surface area contributed by atoms with Gasteiger partial charge in [0.05, 0.1) is 10.6 Å². The molecule has 0 unspecified atom stereocenters. The first kappa shape index (κ1) is 19.3. The molecule has 3 rings (SSSR count). The summed E-state index contributed by atoms with van der Waals surface area (Å²) in [7, 11) is -4.08. The summed E-state index contributed by atoms with van der Waals surface area (Å²) in [5.74, 6) is -0.433. The van der Waals surface area contributed by atoms with Gasteiger partial charge in [-0.15, -0.1) is 0 Å². The highest BCUT2D eigenvalue weighted by molar-refractivity contribution is 7.89. The van der Waals surface area contributed by atoms with E-state index in [4.69, 9.17) is 37.6 Å². The zero-order valence-corrected chi connectivity index (χ0v) is 15.8. The van der Waals surface area contributed by atoms with E-state index in [0.29, 0.717) is 16.4 Å². The lowest BCUT2D eigenvalue weighted by Gasteiger charge is -2.05. The van der Waals surface area contributed by atoms with E-state index in [2.05, 4.69) is 10.1 Å². The maximum absolute atomic E-state index is 12.1. The van der Waals surface area contributed by atoms with E-state index in [1.807, 2.05) is 0 Å². The predicted octanol–water partition coefficient (Wildman–Crippen LogP) is 3.05. The van der Waals surface area contributed by atoms with Gasteiger partial charge in [0.25, 0.3) is 5.89 Å². The van der Waals surface area contributed by atoms with Crippen LogP contribution in [0.25, 0.3) is 11.4 Å². The third kappa shape index (κ3) is 4.64. The van der Waals surface area contributed by atoms with Crippen LogP contribution in [-0.2, 0) is 21.4 Å². The number of esters is 1. The Morgan fingerprint density at radius 2 is 1.85 bits per heavy atom. The molecule has 0 aliphatic carbocycles. The highest BCUT2D eigenvalue weighted by Gasteiger charge is 2.18. The van der Waals surface area contributed by atoms with Crippen molar-refractivity contribution >= 4 is 39.2 Å². The summed E-state index contributed by atoms with van der Waals surface area (Å²) in [6.07, 6.45) is 0. The second kappa shape index (κ2) is 7.65. The van der Waals surface area contributed by atoms with Crippen molar-refractivity contribution < 1.29 is 22.5 Å². The Bertz CT molecular complexity index is 1100. The molecule has 0 aliphatic heterocycles. The van der Waals surface area contributed by atoms with E-state index in [0.717, 1.165) is 6.07 Å². The summed E-state index contributed by atoms with van der Waals surface area (Å²) in [5.41, 5.74) is 0.636. The molecule has 2 aromatic carbocycles. The predicted molar refractivity (Wildman–Crippen MR) is 96.7 cm³/mol. The second-order valence-corrected chi connectivity index (χ2v) is 7.66. The molecule has 0 atom stereocenters. The number of halogens is 2. The molecule has 0 radical (unpaired) electrons. The number of sulfonamides is 1. The first-order valence-corrected chi connectivity index (χ1v) is 9.62. The van der Waals surface area contributed by atoms with Gasteiger partial charge in [0.15, 0.2) is 6.61 Å². The van der Waals surface area contributed by atoms with Gasteiger partial charge in [-0.25, -0.2) is 18.4 Å². The van der Waals surface area contributed by atoms with Gasteiger partial charge >= 0.3 is 5.97 Å². The molecule has 1 aromatic heterocycles. The summed E-state index contributed by atoms with van der Waals surface area (Å²) < 4.78 is 33.0. The van der Waals surface area contributed by atoms with Crippen molar-refractivity contribution in [2.24, 2.45) is 5.14 Å². The van der Waals surface area contributed by atoms with Crippen LogP contribution in [0.5, 0.6) is 0 Å². The van der Waals surface area contributed by atoms with Crippen LogP contribution >= 0.6 is 23.2 Å². The average Bonchev–Trinajstić information content (AvgIpc) is 3.08. The van der Waals surface area contributed by atoms with Crippen molar-refractivity contribution in [3.63, 3.8) is 0 Å². The Balaban J connectivity index is 1.71. The number of aromatic nitrogens is 2. The zero-order chi connectivity index (χ0) is 19.6. The summed E-state index contributed by atoms with van der Waals surface area (Å²) in [5, 5.41) is 9.31. The average molecular weight is 428 g/mol. The van der Waals surface area contributed by atoms with Crippen molar-refractivity contribution in [1.82, 2.24) is 10.1 Å². The minimum atomic E-state index is -4.08. The van der Waals surface area contributed by atoms with Gasteiger partial charge in [0, 0.05) is 10.6 Å². The fraction of sp³-hybridized carbons (Fsp3) is 0.0625. The zero-order valence-electron chi connectivity index (χ0n) is 13.4. The number of nitrogens with zero attached hydrogens (tertiary/aromatic N) is 2. The first-order chi connectivity index (χ1) is 12.7. The largest absolute Gasteiger partial charge is 0.452 e. The molecule has 0 saturated heterocycles.